The Morgan fingerprint density at radius 2 is 2.05 bits per heavy atom. The van der Waals surface area contributed by atoms with Gasteiger partial charge >= 0.3 is 0 Å². The van der Waals surface area contributed by atoms with Crippen LogP contribution in [0.25, 0.3) is 0 Å². The molecule has 1 unspecified atom stereocenters. The highest BCUT2D eigenvalue weighted by Gasteiger charge is 2.30. The number of piperidine rings is 1. The van der Waals surface area contributed by atoms with Gasteiger partial charge in [0.1, 0.15) is 6.04 Å². The molecule has 1 saturated heterocycles. The predicted octanol–water partition coefficient (Wildman–Crippen LogP) is 0.533. The average molecular weight is 347 g/mol. The zero-order valence-electron chi connectivity index (χ0n) is 9.72. The number of amides is 2. The number of hydrogen-bond acceptors (Lipinski definition) is 4. The van der Waals surface area contributed by atoms with Crippen molar-refractivity contribution in [1.82, 2.24) is 10.0 Å². The van der Waals surface area contributed by atoms with E-state index in [9.17, 15) is 18.0 Å². The Balaban J connectivity index is 2.18. The van der Waals surface area contributed by atoms with Crippen LogP contribution in [0.2, 0.25) is 0 Å². The average Bonchev–Trinajstić information content (AvgIpc) is 2.33. The zero-order valence-corrected chi connectivity index (χ0v) is 12.1. The van der Waals surface area contributed by atoms with Gasteiger partial charge in [-0.25, -0.2) is 8.42 Å². The molecular weight excluding hydrogens is 336 g/mol. The molecule has 0 aromatic heterocycles. The first-order valence-electron chi connectivity index (χ1n) is 5.50. The molecule has 0 radical (unpaired) electrons. The van der Waals surface area contributed by atoms with Gasteiger partial charge in [-0.15, -0.1) is 0 Å². The Labute approximate surface area is 118 Å². The van der Waals surface area contributed by atoms with E-state index >= 15 is 0 Å². The van der Waals surface area contributed by atoms with Crippen LogP contribution in [0.5, 0.6) is 0 Å². The van der Waals surface area contributed by atoms with Crippen molar-refractivity contribution in [3.8, 4) is 0 Å². The van der Waals surface area contributed by atoms with Crippen molar-refractivity contribution in [2.75, 3.05) is 0 Å². The lowest BCUT2D eigenvalue weighted by Crippen LogP contribution is -2.52. The molecule has 102 valence electrons. The predicted molar refractivity (Wildman–Crippen MR) is 70.6 cm³/mol. The van der Waals surface area contributed by atoms with Crippen molar-refractivity contribution >= 4 is 37.8 Å². The molecule has 19 heavy (non-hydrogen) atoms. The molecule has 2 rings (SSSR count). The Morgan fingerprint density at radius 3 is 2.68 bits per heavy atom. The molecule has 6 nitrogen and oxygen atoms in total. The van der Waals surface area contributed by atoms with E-state index in [0.717, 1.165) is 0 Å². The third kappa shape index (κ3) is 3.40. The van der Waals surface area contributed by atoms with Gasteiger partial charge in [0.15, 0.2) is 0 Å². The molecule has 1 aliphatic heterocycles. The number of benzene rings is 1. The first kappa shape index (κ1) is 14.2. The van der Waals surface area contributed by atoms with Gasteiger partial charge in [-0.1, -0.05) is 22.0 Å². The van der Waals surface area contributed by atoms with Crippen molar-refractivity contribution in [3.05, 3.63) is 28.7 Å². The van der Waals surface area contributed by atoms with Crippen LogP contribution in [0.3, 0.4) is 0 Å². The van der Waals surface area contributed by atoms with Crippen LogP contribution in [-0.4, -0.2) is 26.3 Å². The third-order valence-electron chi connectivity index (χ3n) is 2.64. The number of sulfonamides is 1. The molecule has 0 bridgehead atoms. The summed E-state index contributed by atoms with van der Waals surface area (Å²) in [5.74, 6) is -1.00. The molecule has 8 heteroatoms. The Bertz CT molecular complexity index is 629. The lowest BCUT2D eigenvalue weighted by Gasteiger charge is -2.21. The molecule has 1 aromatic rings. The maximum atomic E-state index is 12.1. The van der Waals surface area contributed by atoms with Crippen LogP contribution in [0.4, 0.5) is 0 Å². The van der Waals surface area contributed by atoms with Crippen molar-refractivity contribution in [1.29, 1.82) is 0 Å². The largest absolute Gasteiger partial charge is 0.295 e. The second kappa shape index (κ2) is 5.40. The lowest BCUT2D eigenvalue weighted by atomic mass is 10.1. The van der Waals surface area contributed by atoms with Crippen LogP contribution in [0.15, 0.2) is 33.6 Å². The summed E-state index contributed by atoms with van der Waals surface area (Å²) < 4.78 is 27.1. The third-order valence-corrected chi connectivity index (χ3v) is 4.61. The minimum Gasteiger partial charge on any atom is -0.295 e. The van der Waals surface area contributed by atoms with E-state index in [2.05, 4.69) is 26.0 Å². The number of nitrogens with one attached hydrogen (secondary N) is 2. The molecule has 1 aliphatic rings. The molecule has 0 saturated carbocycles. The smallest absolute Gasteiger partial charge is 0.244 e. The molecule has 1 heterocycles. The van der Waals surface area contributed by atoms with E-state index in [0.29, 0.717) is 4.47 Å². The van der Waals surface area contributed by atoms with E-state index in [-0.39, 0.29) is 23.6 Å². The van der Waals surface area contributed by atoms with E-state index in [1.807, 2.05) is 0 Å². The van der Waals surface area contributed by atoms with E-state index in [1.165, 1.54) is 12.1 Å². The minimum atomic E-state index is -3.78. The molecule has 0 spiro atoms. The second-order valence-corrected chi connectivity index (χ2v) is 6.71. The van der Waals surface area contributed by atoms with E-state index in [4.69, 9.17) is 0 Å². The van der Waals surface area contributed by atoms with Crippen molar-refractivity contribution < 1.29 is 18.0 Å². The molecule has 1 aromatic carbocycles. The molecule has 1 atom stereocenters. The minimum absolute atomic E-state index is 0.0616. The summed E-state index contributed by atoms with van der Waals surface area (Å²) in [5.41, 5.74) is 0. The highest BCUT2D eigenvalue weighted by molar-refractivity contribution is 9.10. The van der Waals surface area contributed by atoms with Gasteiger partial charge in [-0.3, -0.25) is 14.9 Å². The van der Waals surface area contributed by atoms with Crippen molar-refractivity contribution in [2.24, 2.45) is 0 Å². The normalized spacial score (nSPS) is 20.2. The summed E-state index contributed by atoms with van der Waals surface area (Å²) in [4.78, 5) is 22.6. The summed E-state index contributed by atoms with van der Waals surface area (Å²) >= 11 is 3.18. The Morgan fingerprint density at radius 1 is 1.32 bits per heavy atom. The fourth-order valence-corrected chi connectivity index (χ4v) is 3.52. The first-order chi connectivity index (χ1) is 8.88. The molecular formula is C11H11BrN2O4S. The molecule has 1 fully saturated rings. The van der Waals surface area contributed by atoms with Crippen molar-refractivity contribution in [2.45, 2.75) is 23.8 Å². The number of rotatable bonds is 3. The summed E-state index contributed by atoms with van der Waals surface area (Å²) in [6, 6.07) is 5.24. The number of carbonyl (C=O) groups excluding carboxylic acids is 2. The van der Waals surface area contributed by atoms with Crippen LogP contribution < -0.4 is 10.0 Å². The fraction of sp³-hybridized carbons (Fsp3) is 0.273. The van der Waals surface area contributed by atoms with Gasteiger partial charge in [0.25, 0.3) is 0 Å². The van der Waals surface area contributed by atoms with Gasteiger partial charge in [0.2, 0.25) is 21.8 Å². The summed E-state index contributed by atoms with van der Waals surface area (Å²) in [5, 5.41) is 2.10. The van der Waals surface area contributed by atoms with Gasteiger partial charge in [-0.05, 0) is 24.6 Å². The van der Waals surface area contributed by atoms with Gasteiger partial charge in [-0.2, -0.15) is 4.72 Å². The highest BCUT2D eigenvalue weighted by atomic mass is 79.9. The SMILES string of the molecule is O=C1CCC(NS(=O)(=O)c2cccc(Br)c2)C(=O)N1. The quantitative estimate of drug-likeness (QED) is 0.781. The van der Waals surface area contributed by atoms with E-state index in [1.54, 1.807) is 12.1 Å². The van der Waals surface area contributed by atoms with Crippen LogP contribution in [-0.2, 0) is 19.6 Å². The maximum Gasteiger partial charge on any atom is 0.244 e. The molecule has 0 aliphatic carbocycles. The monoisotopic (exact) mass is 346 g/mol. The number of carbonyl (C=O) groups is 2. The summed E-state index contributed by atoms with van der Waals surface area (Å²) in [6.45, 7) is 0. The number of hydrogen-bond donors (Lipinski definition) is 2. The zero-order chi connectivity index (χ0) is 14.0. The second-order valence-electron chi connectivity index (χ2n) is 4.08. The first-order valence-corrected chi connectivity index (χ1v) is 7.78. The van der Waals surface area contributed by atoms with Crippen LogP contribution in [0.1, 0.15) is 12.8 Å². The van der Waals surface area contributed by atoms with Gasteiger partial charge in [0, 0.05) is 10.9 Å². The molecule has 2 amide bonds. The van der Waals surface area contributed by atoms with Crippen LogP contribution in [0, 0.1) is 0 Å². The van der Waals surface area contributed by atoms with Crippen LogP contribution >= 0.6 is 15.9 Å². The standard InChI is InChI=1S/C11H11BrN2O4S/c12-7-2-1-3-8(6-7)19(17,18)14-9-4-5-10(15)13-11(9)16/h1-3,6,9,14H,4-5H2,(H,13,15,16). The maximum absolute atomic E-state index is 12.1. The summed E-state index contributed by atoms with van der Waals surface area (Å²) in [6.07, 6.45) is 0.287. The Kier molecular flexibility index (Phi) is 4.02. The number of halogens is 1. The van der Waals surface area contributed by atoms with E-state index < -0.39 is 22.0 Å². The fourth-order valence-electron chi connectivity index (χ4n) is 1.70. The Hall–Kier alpha value is -1.25. The lowest BCUT2D eigenvalue weighted by molar-refractivity contribution is -0.134. The highest BCUT2D eigenvalue weighted by Crippen LogP contribution is 2.17. The topological polar surface area (TPSA) is 92.3 Å². The summed E-state index contributed by atoms with van der Waals surface area (Å²) in [7, 11) is -3.78. The van der Waals surface area contributed by atoms with Gasteiger partial charge in [0.05, 0.1) is 4.90 Å². The molecule has 2 N–H and O–H groups in total. The number of imide groups is 1. The van der Waals surface area contributed by atoms with Gasteiger partial charge < -0.3 is 0 Å². The van der Waals surface area contributed by atoms with Crippen molar-refractivity contribution in [3.63, 3.8) is 0 Å².